The van der Waals surface area contributed by atoms with Crippen LogP contribution in [0, 0.1) is 0 Å². The van der Waals surface area contributed by atoms with Crippen molar-refractivity contribution >= 4 is 23.1 Å². The summed E-state index contributed by atoms with van der Waals surface area (Å²) in [7, 11) is 0. The Morgan fingerprint density at radius 3 is 2.75 bits per heavy atom. The first-order chi connectivity index (χ1) is 3.84. The van der Waals surface area contributed by atoms with Crippen molar-refractivity contribution in [3.63, 3.8) is 0 Å². The Kier molecular flexibility index (Phi) is 1.81. The molecule has 1 nitrogen and oxygen atoms in total. The van der Waals surface area contributed by atoms with E-state index in [1.165, 1.54) is 0 Å². The van der Waals surface area contributed by atoms with Crippen molar-refractivity contribution in [2.24, 2.45) is 0 Å². The van der Waals surface area contributed by atoms with Gasteiger partial charge in [-0.3, -0.25) is 0 Å². The Hall–Kier alpha value is -0.150. The maximum Gasteiger partial charge on any atom is 0.139 e. The van der Waals surface area contributed by atoms with Gasteiger partial charge < -0.3 is 5.11 Å². The fourth-order valence-corrected chi connectivity index (χ4v) is 1.78. The molecule has 0 aromatic carbocycles. The van der Waals surface area contributed by atoms with E-state index in [-0.39, 0.29) is 0 Å². The smallest absolute Gasteiger partial charge is 0.139 e. The van der Waals surface area contributed by atoms with Gasteiger partial charge in [-0.15, -0.1) is 23.1 Å². The molecule has 0 fully saturated rings. The van der Waals surface area contributed by atoms with Gasteiger partial charge in [-0.25, -0.2) is 0 Å². The molecule has 1 aromatic heterocycles. The van der Waals surface area contributed by atoms with Crippen molar-refractivity contribution in [2.45, 2.75) is 4.21 Å². The molecule has 0 bridgehead atoms. The fourth-order valence-electron chi connectivity index (χ4n) is 0.441. The fraction of sp³-hybridized carbons (Fsp3) is 0.200. The third kappa shape index (κ3) is 0.980. The van der Waals surface area contributed by atoms with E-state index in [2.05, 4.69) is 0 Å². The van der Waals surface area contributed by atoms with Crippen LogP contribution in [-0.4, -0.2) is 11.4 Å². The molecule has 1 N–H and O–H groups in total. The number of hydrogen-bond donors (Lipinski definition) is 1. The van der Waals surface area contributed by atoms with Gasteiger partial charge in [0, 0.05) is 0 Å². The summed E-state index contributed by atoms with van der Waals surface area (Å²) in [6.45, 7) is 0. The zero-order valence-electron chi connectivity index (χ0n) is 4.42. The predicted molar refractivity (Wildman–Crippen MR) is 37.8 cm³/mol. The van der Waals surface area contributed by atoms with Gasteiger partial charge in [0.05, 0.1) is 0 Å². The second-order valence-corrected chi connectivity index (χ2v) is 3.29. The van der Waals surface area contributed by atoms with Crippen LogP contribution < -0.4 is 0 Å². The number of thioether (sulfide) groups is 1. The van der Waals surface area contributed by atoms with Crippen molar-refractivity contribution in [2.75, 3.05) is 6.26 Å². The van der Waals surface area contributed by atoms with E-state index in [1.54, 1.807) is 29.2 Å². The molecule has 1 aromatic rings. The molecule has 0 radical (unpaired) electrons. The van der Waals surface area contributed by atoms with Crippen LogP contribution in [0.15, 0.2) is 15.7 Å². The Bertz CT molecular complexity index is 171. The van der Waals surface area contributed by atoms with E-state index in [0.29, 0.717) is 5.75 Å². The van der Waals surface area contributed by atoms with Crippen LogP contribution in [0.3, 0.4) is 0 Å². The number of hydrogen-bond acceptors (Lipinski definition) is 3. The Labute approximate surface area is 56.4 Å². The molecular formula is C5H6OS2. The minimum atomic E-state index is 0.405. The highest BCUT2D eigenvalue weighted by Crippen LogP contribution is 2.31. The van der Waals surface area contributed by atoms with E-state index in [9.17, 15) is 0 Å². The van der Waals surface area contributed by atoms with Crippen LogP contribution in [0.4, 0.5) is 0 Å². The van der Waals surface area contributed by atoms with Gasteiger partial charge in [0.2, 0.25) is 0 Å². The van der Waals surface area contributed by atoms with Gasteiger partial charge in [-0.2, -0.15) is 0 Å². The van der Waals surface area contributed by atoms with Gasteiger partial charge in [0.1, 0.15) is 9.96 Å². The summed E-state index contributed by atoms with van der Waals surface area (Å²) in [5, 5.41) is 10.8. The van der Waals surface area contributed by atoms with E-state index < -0.39 is 0 Å². The van der Waals surface area contributed by atoms with Crippen LogP contribution >= 0.6 is 23.1 Å². The van der Waals surface area contributed by atoms with E-state index in [0.717, 1.165) is 4.21 Å². The SMILES string of the molecule is CSc1sccc1O. The molecule has 44 valence electrons. The number of rotatable bonds is 1. The number of thiophene rings is 1. The molecule has 0 amide bonds. The van der Waals surface area contributed by atoms with Gasteiger partial charge in [0.25, 0.3) is 0 Å². The van der Waals surface area contributed by atoms with E-state index >= 15 is 0 Å². The summed E-state index contributed by atoms with van der Waals surface area (Å²) in [6.07, 6.45) is 1.95. The van der Waals surface area contributed by atoms with Gasteiger partial charge in [-0.05, 0) is 17.7 Å². The minimum absolute atomic E-state index is 0.405. The van der Waals surface area contributed by atoms with Crippen molar-refractivity contribution in [3.8, 4) is 5.75 Å². The topological polar surface area (TPSA) is 20.2 Å². The zero-order valence-corrected chi connectivity index (χ0v) is 6.05. The summed E-state index contributed by atoms with van der Waals surface area (Å²) in [5.74, 6) is 0.405. The van der Waals surface area contributed by atoms with Crippen LogP contribution in [0.5, 0.6) is 5.75 Å². The van der Waals surface area contributed by atoms with Crippen LogP contribution in [0.1, 0.15) is 0 Å². The number of aromatic hydroxyl groups is 1. The second-order valence-electron chi connectivity index (χ2n) is 1.30. The lowest BCUT2D eigenvalue weighted by atomic mass is 10.6. The molecular weight excluding hydrogens is 140 g/mol. The second kappa shape index (κ2) is 2.42. The maximum absolute atomic E-state index is 8.94. The lowest BCUT2D eigenvalue weighted by Crippen LogP contribution is -1.55. The van der Waals surface area contributed by atoms with E-state index in [1.807, 2.05) is 11.6 Å². The van der Waals surface area contributed by atoms with Gasteiger partial charge >= 0.3 is 0 Å². The molecule has 0 saturated heterocycles. The summed E-state index contributed by atoms with van der Waals surface area (Å²) >= 11 is 3.13. The van der Waals surface area contributed by atoms with Gasteiger partial charge in [0.15, 0.2) is 0 Å². The Morgan fingerprint density at radius 2 is 2.50 bits per heavy atom. The lowest BCUT2D eigenvalue weighted by molar-refractivity contribution is 0.467. The molecule has 0 atom stereocenters. The molecule has 1 rings (SSSR count). The maximum atomic E-state index is 8.94. The first-order valence-electron chi connectivity index (χ1n) is 2.15. The average molecular weight is 146 g/mol. The summed E-state index contributed by atoms with van der Waals surface area (Å²) in [4.78, 5) is 0. The molecule has 0 unspecified atom stereocenters. The summed E-state index contributed by atoms with van der Waals surface area (Å²) in [6, 6.07) is 1.70. The highest BCUT2D eigenvalue weighted by Gasteiger charge is 1.96. The largest absolute Gasteiger partial charge is 0.506 e. The van der Waals surface area contributed by atoms with E-state index in [4.69, 9.17) is 5.11 Å². The molecule has 0 aliphatic carbocycles. The van der Waals surface area contributed by atoms with Crippen LogP contribution in [0.25, 0.3) is 0 Å². The molecule has 0 aliphatic rings. The van der Waals surface area contributed by atoms with Gasteiger partial charge in [-0.1, -0.05) is 0 Å². The molecule has 0 aliphatic heterocycles. The highest BCUT2D eigenvalue weighted by molar-refractivity contribution is 8.00. The normalized spacial score (nSPS) is 9.62. The molecule has 8 heavy (non-hydrogen) atoms. The van der Waals surface area contributed by atoms with Crippen molar-refractivity contribution in [1.82, 2.24) is 0 Å². The van der Waals surface area contributed by atoms with Crippen molar-refractivity contribution in [3.05, 3.63) is 11.4 Å². The molecule has 3 heteroatoms. The summed E-state index contributed by atoms with van der Waals surface area (Å²) < 4.78 is 0.991. The molecule has 0 spiro atoms. The molecule has 1 heterocycles. The highest BCUT2D eigenvalue weighted by atomic mass is 32.2. The minimum Gasteiger partial charge on any atom is -0.506 e. The quantitative estimate of drug-likeness (QED) is 0.613. The summed E-state index contributed by atoms with van der Waals surface area (Å²) in [5.41, 5.74) is 0. The first kappa shape index (κ1) is 5.98. The van der Waals surface area contributed by atoms with Crippen LogP contribution in [0.2, 0.25) is 0 Å². The van der Waals surface area contributed by atoms with Crippen molar-refractivity contribution in [1.29, 1.82) is 0 Å². The molecule has 0 saturated carbocycles. The lowest BCUT2D eigenvalue weighted by Gasteiger charge is -1.86. The average Bonchev–Trinajstić information content (AvgIpc) is 2.14. The van der Waals surface area contributed by atoms with Crippen molar-refractivity contribution < 1.29 is 5.11 Å². The van der Waals surface area contributed by atoms with Crippen LogP contribution in [-0.2, 0) is 0 Å². The third-order valence-corrected chi connectivity index (χ3v) is 2.86. The monoisotopic (exact) mass is 146 g/mol. The Morgan fingerprint density at radius 1 is 1.75 bits per heavy atom. The standard InChI is InChI=1S/C5H6OS2/c1-7-5-4(6)2-3-8-5/h2-3,6H,1H3. The predicted octanol–water partition coefficient (Wildman–Crippen LogP) is 2.18. The zero-order chi connectivity index (χ0) is 5.98. The third-order valence-electron chi connectivity index (χ3n) is 0.796. The Balaban J connectivity index is 2.92. The first-order valence-corrected chi connectivity index (χ1v) is 4.25.